The first-order valence-electron chi connectivity index (χ1n) is 6.86. The van der Waals surface area contributed by atoms with E-state index < -0.39 is 0 Å². The summed E-state index contributed by atoms with van der Waals surface area (Å²) >= 11 is 3.51. The Morgan fingerprint density at radius 1 is 1.37 bits per heavy atom. The van der Waals surface area contributed by atoms with Crippen molar-refractivity contribution in [3.63, 3.8) is 0 Å². The van der Waals surface area contributed by atoms with Crippen LogP contribution in [0.25, 0.3) is 0 Å². The third-order valence-electron chi connectivity index (χ3n) is 3.48. The van der Waals surface area contributed by atoms with Gasteiger partial charge in [0.2, 0.25) is 0 Å². The van der Waals surface area contributed by atoms with Crippen LogP contribution in [0.1, 0.15) is 36.5 Å². The standard InChI is InChI=1S/C15H20BrNO2/c1-2-19-14-8-6-12(7-9-14)15(18)17-10-4-3-5-13(17)11-16/h6-9,13H,2-5,10-11H2,1H3. The molecular formula is C15H20BrNO2. The summed E-state index contributed by atoms with van der Waals surface area (Å²) in [6.07, 6.45) is 3.41. The van der Waals surface area contributed by atoms with Gasteiger partial charge < -0.3 is 9.64 Å². The van der Waals surface area contributed by atoms with Gasteiger partial charge in [0, 0.05) is 23.5 Å². The minimum absolute atomic E-state index is 0.132. The van der Waals surface area contributed by atoms with Crippen molar-refractivity contribution in [2.75, 3.05) is 18.5 Å². The van der Waals surface area contributed by atoms with Gasteiger partial charge in [0.05, 0.1) is 6.61 Å². The molecule has 0 bridgehead atoms. The van der Waals surface area contributed by atoms with Crippen molar-refractivity contribution in [1.29, 1.82) is 0 Å². The lowest BCUT2D eigenvalue weighted by molar-refractivity contribution is 0.0642. The molecule has 0 aliphatic carbocycles. The number of amides is 1. The van der Waals surface area contributed by atoms with Crippen LogP contribution in [0.4, 0.5) is 0 Å². The molecule has 1 heterocycles. The van der Waals surface area contributed by atoms with Crippen molar-refractivity contribution in [3.8, 4) is 5.75 Å². The maximum Gasteiger partial charge on any atom is 0.254 e. The Kier molecular flexibility index (Phi) is 5.25. The van der Waals surface area contributed by atoms with E-state index in [1.165, 1.54) is 6.42 Å². The molecule has 1 aromatic rings. The van der Waals surface area contributed by atoms with Crippen molar-refractivity contribution < 1.29 is 9.53 Å². The van der Waals surface area contributed by atoms with Gasteiger partial charge in [-0.25, -0.2) is 0 Å². The topological polar surface area (TPSA) is 29.5 Å². The quantitative estimate of drug-likeness (QED) is 0.793. The number of halogens is 1. The molecule has 1 fully saturated rings. The molecule has 19 heavy (non-hydrogen) atoms. The zero-order valence-corrected chi connectivity index (χ0v) is 12.9. The Morgan fingerprint density at radius 2 is 2.11 bits per heavy atom. The third kappa shape index (κ3) is 3.50. The monoisotopic (exact) mass is 325 g/mol. The van der Waals surface area contributed by atoms with Gasteiger partial charge in [0.1, 0.15) is 5.75 Å². The van der Waals surface area contributed by atoms with E-state index in [0.717, 1.165) is 36.0 Å². The molecule has 0 saturated carbocycles. The fourth-order valence-corrected chi connectivity index (χ4v) is 3.13. The molecule has 1 atom stereocenters. The first-order chi connectivity index (χ1) is 9.26. The Hall–Kier alpha value is -1.03. The Morgan fingerprint density at radius 3 is 2.74 bits per heavy atom. The number of likely N-dealkylation sites (tertiary alicyclic amines) is 1. The van der Waals surface area contributed by atoms with Crippen molar-refractivity contribution in [1.82, 2.24) is 4.90 Å². The molecule has 2 rings (SSSR count). The summed E-state index contributed by atoms with van der Waals surface area (Å²) in [4.78, 5) is 14.5. The second-order valence-corrected chi connectivity index (χ2v) is 5.41. The number of rotatable bonds is 4. The zero-order valence-electron chi connectivity index (χ0n) is 11.3. The number of carbonyl (C=O) groups is 1. The number of hydrogen-bond donors (Lipinski definition) is 0. The predicted octanol–water partition coefficient (Wildman–Crippen LogP) is 3.47. The minimum atomic E-state index is 0.132. The second-order valence-electron chi connectivity index (χ2n) is 4.76. The highest BCUT2D eigenvalue weighted by Crippen LogP contribution is 2.22. The maximum absolute atomic E-state index is 12.5. The molecule has 1 aliphatic heterocycles. The van der Waals surface area contributed by atoms with Crippen molar-refractivity contribution in [2.24, 2.45) is 0 Å². The van der Waals surface area contributed by atoms with E-state index in [9.17, 15) is 4.79 Å². The van der Waals surface area contributed by atoms with Crippen LogP contribution in [-0.4, -0.2) is 35.3 Å². The van der Waals surface area contributed by atoms with Crippen LogP contribution in [0.5, 0.6) is 5.75 Å². The molecule has 4 heteroatoms. The van der Waals surface area contributed by atoms with E-state index in [0.29, 0.717) is 12.6 Å². The number of ether oxygens (including phenoxy) is 1. The van der Waals surface area contributed by atoms with Gasteiger partial charge in [0.25, 0.3) is 5.91 Å². The molecule has 0 radical (unpaired) electrons. The van der Waals surface area contributed by atoms with E-state index in [1.54, 1.807) is 0 Å². The lowest BCUT2D eigenvalue weighted by Gasteiger charge is -2.34. The molecule has 0 aromatic heterocycles. The lowest BCUT2D eigenvalue weighted by Crippen LogP contribution is -2.44. The van der Waals surface area contributed by atoms with Crippen LogP contribution in [0.2, 0.25) is 0 Å². The molecule has 104 valence electrons. The highest BCUT2D eigenvalue weighted by atomic mass is 79.9. The number of nitrogens with zero attached hydrogens (tertiary/aromatic N) is 1. The van der Waals surface area contributed by atoms with Gasteiger partial charge in [-0.05, 0) is 50.5 Å². The fourth-order valence-electron chi connectivity index (χ4n) is 2.45. The summed E-state index contributed by atoms with van der Waals surface area (Å²) in [7, 11) is 0. The first-order valence-corrected chi connectivity index (χ1v) is 7.98. The third-order valence-corrected chi connectivity index (χ3v) is 4.23. The molecule has 1 aromatic carbocycles. The van der Waals surface area contributed by atoms with Gasteiger partial charge in [-0.2, -0.15) is 0 Å². The smallest absolute Gasteiger partial charge is 0.254 e. The van der Waals surface area contributed by atoms with E-state index in [4.69, 9.17) is 4.74 Å². The Labute approximate surface area is 123 Å². The summed E-state index contributed by atoms with van der Waals surface area (Å²) < 4.78 is 5.40. The molecule has 1 aliphatic rings. The molecular weight excluding hydrogens is 306 g/mol. The number of alkyl halides is 1. The van der Waals surface area contributed by atoms with E-state index >= 15 is 0 Å². The molecule has 0 spiro atoms. The number of piperidine rings is 1. The molecule has 0 N–H and O–H groups in total. The summed E-state index contributed by atoms with van der Waals surface area (Å²) in [5.41, 5.74) is 0.747. The highest BCUT2D eigenvalue weighted by molar-refractivity contribution is 9.09. The summed E-state index contributed by atoms with van der Waals surface area (Å²) in [6, 6.07) is 7.77. The van der Waals surface area contributed by atoms with Crippen LogP contribution < -0.4 is 4.74 Å². The summed E-state index contributed by atoms with van der Waals surface area (Å²) in [5.74, 6) is 0.946. The molecule has 3 nitrogen and oxygen atoms in total. The average molecular weight is 326 g/mol. The zero-order chi connectivity index (χ0) is 13.7. The number of benzene rings is 1. The van der Waals surface area contributed by atoms with Gasteiger partial charge >= 0.3 is 0 Å². The van der Waals surface area contributed by atoms with Crippen LogP contribution >= 0.6 is 15.9 Å². The fraction of sp³-hybridized carbons (Fsp3) is 0.533. The number of carbonyl (C=O) groups excluding carboxylic acids is 1. The van der Waals surface area contributed by atoms with Gasteiger partial charge in [-0.1, -0.05) is 15.9 Å². The van der Waals surface area contributed by atoms with E-state index in [2.05, 4.69) is 15.9 Å². The predicted molar refractivity (Wildman–Crippen MR) is 80.1 cm³/mol. The van der Waals surface area contributed by atoms with Crippen LogP contribution in [0.15, 0.2) is 24.3 Å². The lowest BCUT2D eigenvalue weighted by atomic mass is 10.0. The Bertz CT molecular complexity index is 419. The molecule has 1 amide bonds. The first kappa shape index (κ1) is 14.4. The maximum atomic E-state index is 12.5. The van der Waals surface area contributed by atoms with Crippen LogP contribution in [-0.2, 0) is 0 Å². The normalized spacial score (nSPS) is 19.3. The minimum Gasteiger partial charge on any atom is -0.494 e. The number of hydrogen-bond acceptors (Lipinski definition) is 2. The van der Waals surface area contributed by atoms with Crippen molar-refractivity contribution in [2.45, 2.75) is 32.2 Å². The Balaban J connectivity index is 2.09. The van der Waals surface area contributed by atoms with E-state index in [1.807, 2.05) is 36.1 Å². The molecule has 1 saturated heterocycles. The van der Waals surface area contributed by atoms with E-state index in [-0.39, 0.29) is 5.91 Å². The highest BCUT2D eigenvalue weighted by Gasteiger charge is 2.26. The van der Waals surface area contributed by atoms with Gasteiger partial charge in [-0.15, -0.1) is 0 Å². The largest absolute Gasteiger partial charge is 0.494 e. The van der Waals surface area contributed by atoms with Crippen molar-refractivity contribution in [3.05, 3.63) is 29.8 Å². The summed E-state index contributed by atoms with van der Waals surface area (Å²) in [6.45, 7) is 3.46. The average Bonchev–Trinajstić information content (AvgIpc) is 2.47. The second kappa shape index (κ2) is 6.94. The van der Waals surface area contributed by atoms with Crippen LogP contribution in [0.3, 0.4) is 0 Å². The van der Waals surface area contributed by atoms with Crippen LogP contribution in [0, 0.1) is 0 Å². The SMILES string of the molecule is CCOc1ccc(C(=O)N2CCCCC2CBr)cc1. The van der Waals surface area contributed by atoms with Crippen molar-refractivity contribution >= 4 is 21.8 Å². The molecule has 1 unspecified atom stereocenters. The van der Waals surface area contributed by atoms with Gasteiger partial charge in [-0.3, -0.25) is 4.79 Å². The van der Waals surface area contributed by atoms with Gasteiger partial charge in [0.15, 0.2) is 0 Å². The summed E-state index contributed by atoms with van der Waals surface area (Å²) in [5, 5.41) is 0.857.